The van der Waals surface area contributed by atoms with Crippen LogP contribution in [0.1, 0.15) is 27.2 Å². The Morgan fingerprint density at radius 2 is 2.06 bits per heavy atom. The van der Waals surface area contributed by atoms with Crippen LogP contribution in [0.3, 0.4) is 0 Å². The number of hydrogen-bond donors (Lipinski definition) is 2. The topological polar surface area (TPSA) is 61.6 Å². The normalized spacial score (nSPS) is 27.2. The first-order chi connectivity index (χ1) is 7.97. The maximum atomic E-state index is 11.6. The Balaban J connectivity index is 2.66. The van der Waals surface area contributed by atoms with E-state index in [-0.39, 0.29) is 17.9 Å². The van der Waals surface area contributed by atoms with E-state index in [9.17, 15) is 4.79 Å². The van der Waals surface area contributed by atoms with E-state index in [0.717, 1.165) is 26.1 Å². The van der Waals surface area contributed by atoms with Crippen LogP contribution in [0.5, 0.6) is 0 Å². The van der Waals surface area contributed by atoms with Crippen molar-refractivity contribution in [3.05, 3.63) is 0 Å². The third kappa shape index (κ3) is 3.66. The van der Waals surface area contributed by atoms with Crippen molar-refractivity contribution in [1.29, 1.82) is 0 Å². The molecule has 1 amide bonds. The molecule has 1 heterocycles. The number of carbonyl (C=O) groups excluding carboxylic acids is 1. The van der Waals surface area contributed by atoms with E-state index in [2.05, 4.69) is 36.1 Å². The molecular formula is C12H26N4O. The Kier molecular flexibility index (Phi) is 5.36. The fourth-order valence-corrected chi connectivity index (χ4v) is 2.63. The molecule has 0 spiro atoms. The summed E-state index contributed by atoms with van der Waals surface area (Å²) in [7, 11) is 2.15. The van der Waals surface area contributed by atoms with Crippen molar-refractivity contribution >= 4 is 5.91 Å². The van der Waals surface area contributed by atoms with Crippen LogP contribution in [0.2, 0.25) is 0 Å². The first-order valence-corrected chi connectivity index (χ1v) is 6.42. The Morgan fingerprint density at radius 1 is 1.41 bits per heavy atom. The summed E-state index contributed by atoms with van der Waals surface area (Å²) < 4.78 is 0. The Hall–Kier alpha value is -0.650. The number of likely N-dealkylation sites (N-methyl/N-ethyl adjacent to an activating group) is 1. The molecule has 1 saturated heterocycles. The summed E-state index contributed by atoms with van der Waals surface area (Å²) >= 11 is 0. The first-order valence-electron chi connectivity index (χ1n) is 6.42. The monoisotopic (exact) mass is 242 g/mol. The summed E-state index contributed by atoms with van der Waals surface area (Å²) in [5.41, 5.74) is 2.25. The third-order valence-electron chi connectivity index (χ3n) is 3.90. The molecule has 17 heavy (non-hydrogen) atoms. The molecule has 0 aromatic carbocycles. The molecule has 1 aliphatic rings. The number of amides is 1. The van der Waals surface area contributed by atoms with Gasteiger partial charge in [0.2, 0.25) is 5.91 Å². The van der Waals surface area contributed by atoms with E-state index in [1.807, 2.05) is 6.92 Å². The molecule has 5 heteroatoms. The van der Waals surface area contributed by atoms with Gasteiger partial charge in [-0.2, -0.15) is 0 Å². The maximum Gasteiger partial charge on any atom is 0.238 e. The summed E-state index contributed by atoms with van der Waals surface area (Å²) in [5.74, 6) is 5.04. The summed E-state index contributed by atoms with van der Waals surface area (Å²) in [6.07, 6.45) is 1.15. The molecule has 1 aliphatic heterocycles. The summed E-state index contributed by atoms with van der Waals surface area (Å²) in [4.78, 5) is 16.4. The quantitative estimate of drug-likeness (QED) is 0.416. The first kappa shape index (κ1) is 14.4. The smallest absolute Gasteiger partial charge is 0.238 e. The maximum absolute atomic E-state index is 11.6. The molecule has 3 atom stereocenters. The molecule has 0 aromatic rings. The Morgan fingerprint density at radius 3 is 2.65 bits per heavy atom. The minimum Gasteiger partial charge on any atom is -0.305 e. The van der Waals surface area contributed by atoms with Crippen LogP contribution in [0.4, 0.5) is 0 Å². The molecule has 3 N–H and O–H groups in total. The van der Waals surface area contributed by atoms with Gasteiger partial charge >= 0.3 is 0 Å². The fraction of sp³-hybridized carbons (Fsp3) is 0.917. The molecule has 1 fully saturated rings. The van der Waals surface area contributed by atoms with Gasteiger partial charge in [-0.1, -0.05) is 6.92 Å². The largest absolute Gasteiger partial charge is 0.305 e. The molecule has 3 unspecified atom stereocenters. The van der Waals surface area contributed by atoms with Gasteiger partial charge in [-0.25, -0.2) is 5.84 Å². The highest BCUT2D eigenvalue weighted by Gasteiger charge is 2.29. The molecule has 0 aliphatic carbocycles. The van der Waals surface area contributed by atoms with Crippen molar-refractivity contribution in [3.8, 4) is 0 Å². The summed E-state index contributed by atoms with van der Waals surface area (Å²) in [6.45, 7) is 9.52. The lowest BCUT2D eigenvalue weighted by Crippen LogP contribution is -2.50. The minimum absolute atomic E-state index is 0.0779. The van der Waals surface area contributed by atoms with Gasteiger partial charge in [-0.15, -0.1) is 0 Å². The average Bonchev–Trinajstić information content (AvgIpc) is 2.47. The fourth-order valence-electron chi connectivity index (χ4n) is 2.63. The number of hydrogen-bond acceptors (Lipinski definition) is 4. The second-order valence-electron chi connectivity index (χ2n) is 5.24. The van der Waals surface area contributed by atoms with Crippen LogP contribution < -0.4 is 11.3 Å². The number of hydrazine groups is 1. The van der Waals surface area contributed by atoms with Gasteiger partial charge in [0.25, 0.3) is 0 Å². The van der Waals surface area contributed by atoms with Crippen LogP contribution >= 0.6 is 0 Å². The number of carbonyl (C=O) groups is 1. The van der Waals surface area contributed by atoms with Crippen molar-refractivity contribution in [2.45, 2.75) is 39.3 Å². The van der Waals surface area contributed by atoms with Gasteiger partial charge < -0.3 is 4.90 Å². The van der Waals surface area contributed by atoms with Crippen LogP contribution in [-0.4, -0.2) is 54.5 Å². The molecule has 0 saturated carbocycles. The average molecular weight is 242 g/mol. The number of nitrogens with one attached hydrogen (secondary N) is 1. The second-order valence-corrected chi connectivity index (χ2v) is 5.24. The van der Waals surface area contributed by atoms with Crippen LogP contribution in [0.15, 0.2) is 0 Å². The van der Waals surface area contributed by atoms with E-state index in [0.29, 0.717) is 6.04 Å². The van der Waals surface area contributed by atoms with Crippen molar-refractivity contribution < 1.29 is 4.79 Å². The Labute approximate surface area is 104 Å². The number of nitrogens with zero attached hydrogens (tertiary/aromatic N) is 2. The summed E-state index contributed by atoms with van der Waals surface area (Å²) in [6, 6.07) is 0.700. The predicted octanol–water partition coefficient (Wildman–Crippen LogP) is 0.0269. The Bertz CT molecular complexity index is 259. The van der Waals surface area contributed by atoms with E-state index in [4.69, 9.17) is 5.84 Å². The zero-order valence-corrected chi connectivity index (χ0v) is 11.4. The zero-order chi connectivity index (χ0) is 13.0. The van der Waals surface area contributed by atoms with Gasteiger partial charge in [-0.3, -0.25) is 15.1 Å². The second kappa shape index (κ2) is 6.33. The van der Waals surface area contributed by atoms with Gasteiger partial charge in [0.15, 0.2) is 0 Å². The molecule has 0 radical (unpaired) electrons. The van der Waals surface area contributed by atoms with Gasteiger partial charge in [0, 0.05) is 18.6 Å². The molecule has 0 aromatic heterocycles. The third-order valence-corrected chi connectivity index (χ3v) is 3.90. The van der Waals surface area contributed by atoms with Crippen LogP contribution in [0.25, 0.3) is 0 Å². The lowest BCUT2D eigenvalue weighted by atomic mass is 9.99. The van der Waals surface area contributed by atoms with Gasteiger partial charge in [-0.05, 0) is 40.4 Å². The van der Waals surface area contributed by atoms with Crippen molar-refractivity contribution in [3.63, 3.8) is 0 Å². The predicted molar refractivity (Wildman–Crippen MR) is 69.2 cm³/mol. The van der Waals surface area contributed by atoms with Gasteiger partial charge in [0.05, 0.1) is 5.92 Å². The van der Waals surface area contributed by atoms with E-state index >= 15 is 0 Å². The van der Waals surface area contributed by atoms with Crippen LogP contribution in [-0.2, 0) is 4.79 Å². The molecule has 1 rings (SSSR count). The molecular weight excluding hydrogens is 216 g/mol. The van der Waals surface area contributed by atoms with Crippen LogP contribution in [0, 0.1) is 5.92 Å². The lowest BCUT2D eigenvalue weighted by molar-refractivity contribution is -0.126. The van der Waals surface area contributed by atoms with Gasteiger partial charge in [0.1, 0.15) is 0 Å². The molecule has 5 nitrogen and oxygen atoms in total. The van der Waals surface area contributed by atoms with Crippen molar-refractivity contribution in [1.82, 2.24) is 15.2 Å². The van der Waals surface area contributed by atoms with E-state index < -0.39 is 0 Å². The number of rotatable bonds is 3. The highest BCUT2D eigenvalue weighted by atomic mass is 16.2. The number of nitrogens with two attached hydrogens (primary N) is 1. The highest BCUT2D eigenvalue weighted by Crippen LogP contribution is 2.17. The zero-order valence-electron chi connectivity index (χ0n) is 11.4. The lowest BCUT2D eigenvalue weighted by Gasteiger charge is -2.36. The SMILES string of the molecule is CC(C(=O)NN)C(C)N1CCCN(C)CC1C. The molecule has 0 bridgehead atoms. The van der Waals surface area contributed by atoms with E-state index in [1.165, 1.54) is 0 Å². The minimum atomic E-state index is -0.0812. The highest BCUT2D eigenvalue weighted by molar-refractivity contribution is 5.78. The standard InChI is InChI=1S/C12H26N4O/c1-9-8-15(4)6-5-7-16(9)11(3)10(2)12(17)14-13/h9-11H,5-8,13H2,1-4H3,(H,14,17). The van der Waals surface area contributed by atoms with Crippen molar-refractivity contribution in [2.75, 3.05) is 26.7 Å². The summed E-state index contributed by atoms with van der Waals surface area (Å²) in [5, 5.41) is 0. The van der Waals surface area contributed by atoms with Crippen molar-refractivity contribution in [2.24, 2.45) is 11.8 Å². The molecule has 100 valence electrons. The van der Waals surface area contributed by atoms with E-state index in [1.54, 1.807) is 0 Å².